The summed E-state index contributed by atoms with van der Waals surface area (Å²) in [6.07, 6.45) is -2.87. The quantitative estimate of drug-likeness (QED) is 0.734. The highest BCUT2D eigenvalue weighted by Crippen LogP contribution is 2.23. The molecule has 7 nitrogen and oxygen atoms in total. The Kier molecular flexibility index (Phi) is 6.09. The summed E-state index contributed by atoms with van der Waals surface area (Å²) in [4.78, 5) is 22.5. The number of benzene rings is 1. The van der Waals surface area contributed by atoms with Crippen molar-refractivity contribution in [2.45, 2.75) is 45.0 Å². The smallest absolute Gasteiger partial charge is 0.303 e. The Labute approximate surface area is 134 Å². The monoisotopic (exact) mass is 323 g/mol. The lowest BCUT2D eigenvalue weighted by molar-refractivity contribution is -0.170. The van der Waals surface area contributed by atoms with Crippen LogP contribution in [0.25, 0.3) is 0 Å². The maximum Gasteiger partial charge on any atom is 0.303 e. The van der Waals surface area contributed by atoms with Gasteiger partial charge in [-0.1, -0.05) is 30.3 Å². The number of amides is 1. The molecule has 2 rings (SSSR count). The van der Waals surface area contributed by atoms with E-state index >= 15 is 0 Å². The van der Waals surface area contributed by atoms with E-state index in [0.29, 0.717) is 6.61 Å². The van der Waals surface area contributed by atoms with Crippen LogP contribution in [0.3, 0.4) is 0 Å². The van der Waals surface area contributed by atoms with Gasteiger partial charge in [0.2, 0.25) is 5.91 Å². The number of hydrogen-bond donors (Lipinski definition) is 2. The van der Waals surface area contributed by atoms with Crippen molar-refractivity contribution in [3.8, 4) is 0 Å². The number of nitrogens with one attached hydrogen (secondary N) is 1. The standard InChI is InChI=1S/C16H21NO6/c1-10(18)17-14-13(23-16(20)15(14)22-11(2)19)9-21-8-12-6-4-3-5-7-12/h3-7,13-16,20H,8-9H2,1-2H3,(H,17,18)/t13-,14-,15+,16+/m1/s1. The fourth-order valence-corrected chi connectivity index (χ4v) is 2.47. The number of aliphatic hydroxyl groups excluding tert-OH is 1. The Morgan fingerprint density at radius 1 is 1.26 bits per heavy atom. The van der Waals surface area contributed by atoms with Gasteiger partial charge in [-0.05, 0) is 5.56 Å². The first kappa shape index (κ1) is 17.4. The summed E-state index contributed by atoms with van der Waals surface area (Å²) >= 11 is 0. The molecule has 126 valence electrons. The van der Waals surface area contributed by atoms with Crippen LogP contribution in [0.4, 0.5) is 0 Å². The van der Waals surface area contributed by atoms with Crippen LogP contribution in [0.15, 0.2) is 30.3 Å². The number of esters is 1. The molecule has 1 aromatic carbocycles. The molecule has 1 saturated heterocycles. The number of aliphatic hydroxyl groups is 1. The number of ether oxygens (including phenoxy) is 3. The van der Waals surface area contributed by atoms with Crippen molar-refractivity contribution >= 4 is 11.9 Å². The van der Waals surface area contributed by atoms with Crippen molar-refractivity contribution in [3.05, 3.63) is 35.9 Å². The zero-order valence-electron chi connectivity index (χ0n) is 13.1. The lowest BCUT2D eigenvalue weighted by atomic mass is 10.1. The van der Waals surface area contributed by atoms with Gasteiger partial charge >= 0.3 is 5.97 Å². The molecule has 1 aliphatic heterocycles. The molecule has 2 N–H and O–H groups in total. The van der Waals surface area contributed by atoms with Gasteiger partial charge in [-0.3, -0.25) is 9.59 Å². The molecule has 0 radical (unpaired) electrons. The third-order valence-electron chi connectivity index (χ3n) is 3.42. The fourth-order valence-electron chi connectivity index (χ4n) is 2.47. The van der Waals surface area contributed by atoms with Crippen LogP contribution in [0.2, 0.25) is 0 Å². The second kappa shape index (κ2) is 8.05. The second-order valence-electron chi connectivity index (χ2n) is 5.37. The van der Waals surface area contributed by atoms with E-state index in [1.165, 1.54) is 13.8 Å². The lowest BCUT2D eigenvalue weighted by Gasteiger charge is -2.23. The predicted octanol–water partition coefficient (Wildman–Crippen LogP) is 0.357. The zero-order chi connectivity index (χ0) is 16.8. The normalized spacial score (nSPS) is 26.7. The largest absolute Gasteiger partial charge is 0.455 e. The average molecular weight is 323 g/mol. The Bertz CT molecular complexity index is 535. The van der Waals surface area contributed by atoms with Crippen LogP contribution < -0.4 is 5.32 Å². The highest BCUT2D eigenvalue weighted by atomic mass is 16.7. The summed E-state index contributed by atoms with van der Waals surface area (Å²) in [5.74, 6) is -0.864. The minimum Gasteiger partial charge on any atom is -0.455 e. The van der Waals surface area contributed by atoms with E-state index in [1.54, 1.807) is 0 Å². The average Bonchev–Trinajstić information content (AvgIpc) is 2.76. The van der Waals surface area contributed by atoms with Gasteiger partial charge in [-0.2, -0.15) is 0 Å². The summed E-state index contributed by atoms with van der Waals surface area (Å²) in [5.41, 5.74) is 0.999. The van der Waals surface area contributed by atoms with E-state index in [9.17, 15) is 14.7 Å². The molecule has 7 heteroatoms. The molecule has 0 unspecified atom stereocenters. The van der Waals surface area contributed by atoms with Gasteiger partial charge in [0.05, 0.1) is 19.3 Å². The van der Waals surface area contributed by atoms with E-state index in [-0.39, 0.29) is 12.5 Å². The maximum atomic E-state index is 11.3. The van der Waals surface area contributed by atoms with E-state index in [0.717, 1.165) is 5.56 Å². The topological polar surface area (TPSA) is 94.1 Å². The van der Waals surface area contributed by atoms with E-state index < -0.39 is 30.5 Å². The first-order valence-electron chi connectivity index (χ1n) is 7.37. The molecule has 0 bridgehead atoms. The minimum atomic E-state index is -1.30. The molecular formula is C16H21NO6. The molecule has 0 aliphatic carbocycles. The van der Waals surface area contributed by atoms with Gasteiger partial charge in [0.1, 0.15) is 6.10 Å². The number of hydrogen-bond acceptors (Lipinski definition) is 6. The van der Waals surface area contributed by atoms with E-state index in [2.05, 4.69) is 5.32 Å². The molecule has 1 fully saturated rings. The van der Waals surface area contributed by atoms with Crippen molar-refractivity contribution < 1.29 is 28.9 Å². The molecule has 4 atom stereocenters. The van der Waals surface area contributed by atoms with Crippen LogP contribution in [-0.2, 0) is 30.4 Å². The molecule has 1 heterocycles. The first-order chi connectivity index (χ1) is 11.0. The molecule has 1 aliphatic rings. The summed E-state index contributed by atoms with van der Waals surface area (Å²) in [6.45, 7) is 3.10. The molecule has 0 saturated carbocycles. The Hall–Kier alpha value is -1.96. The third-order valence-corrected chi connectivity index (χ3v) is 3.42. The number of rotatable bonds is 6. The van der Waals surface area contributed by atoms with E-state index in [1.807, 2.05) is 30.3 Å². The zero-order valence-corrected chi connectivity index (χ0v) is 13.1. The number of carbonyl (C=O) groups excluding carboxylic acids is 2. The van der Waals surface area contributed by atoms with Crippen molar-refractivity contribution in [2.75, 3.05) is 6.61 Å². The fraction of sp³-hybridized carbons (Fsp3) is 0.500. The predicted molar refractivity (Wildman–Crippen MR) is 80.1 cm³/mol. The molecular weight excluding hydrogens is 302 g/mol. The van der Waals surface area contributed by atoms with Gasteiger partial charge in [-0.25, -0.2) is 0 Å². The molecule has 23 heavy (non-hydrogen) atoms. The highest BCUT2D eigenvalue weighted by Gasteiger charge is 2.46. The van der Waals surface area contributed by atoms with Crippen LogP contribution in [0, 0.1) is 0 Å². The molecule has 0 aromatic heterocycles. The summed E-state index contributed by atoms with van der Waals surface area (Å²) in [7, 11) is 0. The summed E-state index contributed by atoms with van der Waals surface area (Å²) < 4.78 is 16.0. The molecule has 1 aromatic rings. The van der Waals surface area contributed by atoms with Crippen LogP contribution in [0.5, 0.6) is 0 Å². The van der Waals surface area contributed by atoms with Crippen molar-refractivity contribution in [3.63, 3.8) is 0 Å². The highest BCUT2D eigenvalue weighted by molar-refractivity contribution is 5.73. The van der Waals surface area contributed by atoms with Crippen LogP contribution >= 0.6 is 0 Å². The Morgan fingerprint density at radius 2 is 1.96 bits per heavy atom. The van der Waals surface area contributed by atoms with Gasteiger partial charge in [-0.15, -0.1) is 0 Å². The Balaban J connectivity index is 1.95. The minimum absolute atomic E-state index is 0.147. The third kappa shape index (κ3) is 5.02. The van der Waals surface area contributed by atoms with Gasteiger partial charge in [0, 0.05) is 13.8 Å². The second-order valence-corrected chi connectivity index (χ2v) is 5.37. The molecule has 0 spiro atoms. The Morgan fingerprint density at radius 3 is 2.57 bits per heavy atom. The van der Waals surface area contributed by atoms with Crippen molar-refractivity contribution in [1.82, 2.24) is 5.32 Å². The van der Waals surface area contributed by atoms with Crippen molar-refractivity contribution in [2.24, 2.45) is 0 Å². The lowest BCUT2D eigenvalue weighted by Crippen LogP contribution is -2.49. The summed E-state index contributed by atoms with van der Waals surface area (Å²) in [5, 5.41) is 12.5. The van der Waals surface area contributed by atoms with Gasteiger partial charge < -0.3 is 24.6 Å². The summed E-state index contributed by atoms with van der Waals surface area (Å²) in [6, 6.07) is 8.92. The first-order valence-corrected chi connectivity index (χ1v) is 7.37. The van der Waals surface area contributed by atoms with Crippen LogP contribution in [0.1, 0.15) is 19.4 Å². The number of carbonyl (C=O) groups is 2. The van der Waals surface area contributed by atoms with Gasteiger partial charge in [0.25, 0.3) is 0 Å². The van der Waals surface area contributed by atoms with Crippen molar-refractivity contribution in [1.29, 1.82) is 0 Å². The maximum absolute atomic E-state index is 11.3. The SMILES string of the molecule is CC(=O)N[C@H]1[C@H](OC(C)=O)[C@@H](O)O[C@@H]1COCc1ccccc1. The van der Waals surface area contributed by atoms with E-state index in [4.69, 9.17) is 14.2 Å². The molecule has 1 amide bonds. The van der Waals surface area contributed by atoms with Gasteiger partial charge in [0.15, 0.2) is 12.4 Å². The van der Waals surface area contributed by atoms with Crippen LogP contribution in [-0.4, -0.2) is 48.1 Å².